The van der Waals surface area contributed by atoms with E-state index in [2.05, 4.69) is 4.57 Å². The minimum absolute atomic E-state index is 0.249. The Hall–Kier alpha value is -3.58. The van der Waals surface area contributed by atoms with Gasteiger partial charge < -0.3 is 14.4 Å². The smallest absolute Gasteiger partial charge is 0.331 e. The number of anilines is 1. The predicted molar refractivity (Wildman–Crippen MR) is 130 cm³/mol. The normalized spacial score (nSPS) is 14.1. The molecule has 33 heavy (non-hydrogen) atoms. The fourth-order valence-corrected chi connectivity index (χ4v) is 5.12. The molecule has 0 saturated carbocycles. The fraction of sp³-hybridized carbons (Fsp3) is 0.154. The highest BCUT2D eigenvalue weighted by Gasteiger charge is 2.27. The van der Waals surface area contributed by atoms with E-state index >= 15 is 0 Å². The van der Waals surface area contributed by atoms with Crippen LogP contribution >= 0.6 is 11.8 Å². The van der Waals surface area contributed by atoms with Crippen molar-refractivity contribution >= 4 is 34.4 Å². The minimum atomic E-state index is -0.249. The van der Waals surface area contributed by atoms with Gasteiger partial charge in [0.05, 0.1) is 42.9 Å². The molecule has 1 aliphatic rings. The monoisotopic (exact) mass is 460 g/mol. The molecular weight excluding hydrogens is 437 g/mol. The van der Waals surface area contributed by atoms with Crippen molar-refractivity contribution < 1.29 is 18.4 Å². The Balaban J connectivity index is 1.75. The third kappa shape index (κ3) is 3.68. The van der Waals surface area contributed by atoms with Crippen molar-refractivity contribution in [2.75, 3.05) is 26.2 Å². The molecule has 1 aliphatic heterocycles. The van der Waals surface area contributed by atoms with Crippen molar-refractivity contribution in [1.29, 1.82) is 0 Å². The Morgan fingerprint density at radius 2 is 1.73 bits per heavy atom. The number of nitrogens with zero attached hydrogens (tertiary/aromatic N) is 3. The third-order valence-electron chi connectivity index (χ3n) is 5.80. The first kappa shape index (κ1) is 21.3. The van der Waals surface area contributed by atoms with Crippen molar-refractivity contribution in [2.24, 2.45) is 7.05 Å². The highest BCUT2D eigenvalue weighted by Crippen LogP contribution is 2.46. The maximum atomic E-state index is 13.8. The highest BCUT2D eigenvalue weighted by atomic mass is 32.2. The van der Waals surface area contributed by atoms with Crippen LogP contribution in [0.4, 0.5) is 10.1 Å². The second-order valence-electron chi connectivity index (χ2n) is 7.73. The average Bonchev–Trinajstić information content (AvgIpc) is 3.15. The van der Waals surface area contributed by atoms with Crippen LogP contribution in [0.25, 0.3) is 28.4 Å². The quantitative estimate of drug-likeness (QED) is 0.380. The van der Waals surface area contributed by atoms with E-state index in [4.69, 9.17) is 14.5 Å². The van der Waals surface area contributed by atoms with Gasteiger partial charge in [-0.1, -0.05) is 30.0 Å². The van der Waals surface area contributed by atoms with E-state index in [0.717, 1.165) is 43.6 Å². The maximum absolute atomic E-state index is 13.8. The Morgan fingerprint density at radius 3 is 2.45 bits per heavy atom. The Labute approximate surface area is 196 Å². The molecule has 2 heterocycles. The summed E-state index contributed by atoms with van der Waals surface area (Å²) in [6, 6.07) is 18.9. The van der Waals surface area contributed by atoms with Crippen LogP contribution in [-0.2, 0) is 7.05 Å². The molecule has 5 rings (SSSR count). The lowest BCUT2D eigenvalue weighted by Crippen LogP contribution is -2.34. The zero-order chi connectivity index (χ0) is 23.1. The summed E-state index contributed by atoms with van der Waals surface area (Å²) in [6.07, 6.45) is 2.04. The fourth-order valence-electron chi connectivity index (χ4n) is 4.05. The number of hydrogen-bond donors (Lipinski definition) is 0. The number of fused-ring (bicyclic) bond motifs is 2. The summed E-state index contributed by atoms with van der Waals surface area (Å²) in [5.41, 5.74) is 3.61. The Bertz CT molecular complexity index is 1410. The summed E-state index contributed by atoms with van der Waals surface area (Å²) in [5.74, 6) is 1.87. The van der Waals surface area contributed by atoms with Crippen LogP contribution < -0.4 is 18.9 Å². The van der Waals surface area contributed by atoms with Gasteiger partial charge in [-0.15, -0.1) is 0 Å². The lowest BCUT2D eigenvalue weighted by Gasteiger charge is -2.14. The lowest BCUT2D eigenvalue weighted by atomic mass is 10.1. The number of methoxy groups -OCH3 is 2. The average molecular weight is 461 g/mol. The number of aromatic nitrogens is 2. The summed E-state index contributed by atoms with van der Waals surface area (Å²) >= 11 is 1.60. The summed E-state index contributed by atoms with van der Waals surface area (Å²) in [7, 11) is 7.19. The van der Waals surface area contributed by atoms with Crippen LogP contribution in [0.1, 0.15) is 5.69 Å². The number of ether oxygens (including phenoxy) is 2. The maximum Gasteiger partial charge on any atom is 0.331 e. The van der Waals surface area contributed by atoms with Crippen molar-refractivity contribution in [2.45, 2.75) is 4.90 Å². The van der Waals surface area contributed by atoms with E-state index in [0.29, 0.717) is 11.5 Å². The summed E-state index contributed by atoms with van der Waals surface area (Å²) in [5, 5.41) is 1.89. The summed E-state index contributed by atoms with van der Waals surface area (Å²) in [4.78, 5) is 8.06. The molecule has 1 aromatic heterocycles. The zero-order valence-electron chi connectivity index (χ0n) is 18.8. The van der Waals surface area contributed by atoms with E-state index in [9.17, 15) is 4.39 Å². The van der Waals surface area contributed by atoms with E-state index in [-0.39, 0.29) is 5.82 Å². The van der Waals surface area contributed by atoms with E-state index in [1.807, 2.05) is 73.6 Å². The van der Waals surface area contributed by atoms with Crippen molar-refractivity contribution in [1.82, 2.24) is 4.98 Å². The molecule has 0 atom stereocenters. The van der Waals surface area contributed by atoms with Crippen LogP contribution in [0, 0.1) is 5.82 Å². The molecule has 5 nitrogen and oxygen atoms in total. The second kappa shape index (κ2) is 8.41. The van der Waals surface area contributed by atoms with Gasteiger partial charge in [-0.2, -0.15) is 0 Å². The van der Waals surface area contributed by atoms with Gasteiger partial charge in [0.1, 0.15) is 11.3 Å². The highest BCUT2D eigenvalue weighted by molar-refractivity contribution is 8.03. The van der Waals surface area contributed by atoms with Crippen molar-refractivity contribution in [3.63, 3.8) is 0 Å². The molecule has 0 amide bonds. The first-order valence-corrected chi connectivity index (χ1v) is 11.3. The standard InChI is InChI=1S/C26H23FN3O2S/c1-29-21-12-17(27)10-11-24(21)33-25(29)14-19-18-13-22(31-3)23(32-4)15-20(18)30(2)26(28-19)16-8-6-5-7-9-16/h5-15H,1-4H3/q+1. The topological polar surface area (TPSA) is 38.5 Å². The number of benzene rings is 3. The molecule has 0 unspecified atom stereocenters. The summed E-state index contributed by atoms with van der Waals surface area (Å²) in [6.45, 7) is 0. The molecule has 0 N–H and O–H groups in total. The molecule has 7 heteroatoms. The molecule has 0 aliphatic carbocycles. The molecule has 0 spiro atoms. The van der Waals surface area contributed by atoms with E-state index in [1.165, 1.54) is 6.07 Å². The van der Waals surface area contributed by atoms with Gasteiger partial charge in [0.15, 0.2) is 17.2 Å². The minimum Gasteiger partial charge on any atom is -0.493 e. The van der Waals surface area contributed by atoms with Crippen LogP contribution in [0.3, 0.4) is 0 Å². The molecule has 3 aromatic carbocycles. The molecule has 0 radical (unpaired) electrons. The molecule has 0 bridgehead atoms. The van der Waals surface area contributed by atoms with Crippen LogP contribution in [-0.4, -0.2) is 26.3 Å². The predicted octanol–water partition coefficient (Wildman–Crippen LogP) is 5.42. The van der Waals surface area contributed by atoms with Crippen molar-refractivity contribution in [3.05, 3.63) is 77.2 Å². The van der Waals surface area contributed by atoms with E-state index < -0.39 is 0 Å². The first-order chi connectivity index (χ1) is 16.0. The van der Waals surface area contributed by atoms with Gasteiger partial charge in [-0.05, 0) is 41.4 Å². The van der Waals surface area contributed by atoms with Gasteiger partial charge >= 0.3 is 5.82 Å². The SMILES string of the molecule is COc1cc2c(/C=C3/Sc4ccc(F)cc4N3C)nc(-c3ccccc3)[n+](C)c2cc1OC. The van der Waals surface area contributed by atoms with Crippen LogP contribution in [0.15, 0.2) is 70.6 Å². The van der Waals surface area contributed by atoms with Gasteiger partial charge in [-0.3, -0.25) is 0 Å². The summed E-state index contributed by atoms with van der Waals surface area (Å²) < 4.78 is 27.0. The van der Waals surface area contributed by atoms with Crippen molar-refractivity contribution in [3.8, 4) is 22.9 Å². The molecule has 166 valence electrons. The zero-order valence-corrected chi connectivity index (χ0v) is 19.6. The van der Waals surface area contributed by atoms with Crippen LogP contribution in [0.5, 0.6) is 11.5 Å². The Morgan fingerprint density at radius 1 is 1.00 bits per heavy atom. The Kier molecular flexibility index (Phi) is 5.42. The van der Waals surface area contributed by atoms with Gasteiger partial charge in [0.2, 0.25) is 0 Å². The van der Waals surface area contributed by atoms with Gasteiger partial charge in [-0.25, -0.2) is 8.96 Å². The third-order valence-corrected chi connectivity index (χ3v) is 6.97. The second-order valence-corrected chi connectivity index (χ2v) is 8.79. The lowest BCUT2D eigenvalue weighted by molar-refractivity contribution is -0.636. The van der Waals surface area contributed by atoms with E-state index in [1.54, 1.807) is 32.0 Å². The number of thioether (sulfide) groups is 1. The first-order valence-electron chi connectivity index (χ1n) is 10.4. The van der Waals surface area contributed by atoms with Gasteiger partial charge in [0, 0.05) is 24.1 Å². The molecule has 0 saturated heterocycles. The number of halogens is 1. The molecular formula is C26H23FN3O2S+. The van der Waals surface area contributed by atoms with Crippen LogP contribution in [0.2, 0.25) is 0 Å². The number of aryl methyl sites for hydroxylation is 1. The largest absolute Gasteiger partial charge is 0.493 e. The molecule has 0 fully saturated rings. The van der Waals surface area contributed by atoms with Gasteiger partial charge in [0.25, 0.3) is 0 Å². The molecule has 4 aromatic rings. The number of hydrogen-bond acceptors (Lipinski definition) is 5. The number of rotatable bonds is 4.